The summed E-state index contributed by atoms with van der Waals surface area (Å²) in [6.07, 6.45) is 4.14. The topological polar surface area (TPSA) is 49.5 Å². The van der Waals surface area contributed by atoms with Gasteiger partial charge in [-0.25, -0.2) is 0 Å². The molecule has 1 N–H and O–H groups in total. The second-order valence-electron chi connectivity index (χ2n) is 5.31. The average molecular weight is 252 g/mol. The molecule has 1 aromatic rings. The summed E-state index contributed by atoms with van der Waals surface area (Å²) in [6, 6.07) is 0.289. The van der Waals surface area contributed by atoms with Crippen LogP contribution in [0, 0.1) is 13.8 Å². The molecule has 0 spiro atoms. The van der Waals surface area contributed by atoms with Crippen LogP contribution in [0.5, 0.6) is 0 Å². The van der Waals surface area contributed by atoms with Crippen LogP contribution in [0.3, 0.4) is 0 Å². The molecule has 0 radical (unpaired) electrons. The van der Waals surface area contributed by atoms with Gasteiger partial charge in [0.25, 0.3) is 0 Å². The van der Waals surface area contributed by atoms with Gasteiger partial charge in [-0.3, -0.25) is 4.90 Å². The van der Waals surface area contributed by atoms with Crippen LogP contribution < -0.4 is 0 Å². The van der Waals surface area contributed by atoms with Crippen molar-refractivity contribution in [3.05, 3.63) is 17.0 Å². The van der Waals surface area contributed by atoms with Crippen molar-refractivity contribution in [2.45, 2.75) is 65.1 Å². The third-order valence-electron chi connectivity index (χ3n) is 4.07. The molecule has 1 aliphatic heterocycles. The molecule has 2 unspecified atom stereocenters. The van der Waals surface area contributed by atoms with E-state index in [1.807, 2.05) is 20.8 Å². The Hall–Kier alpha value is -0.870. The minimum atomic E-state index is -0.217. The largest absolute Gasteiger partial charge is 0.392 e. The summed E-state index contributed by atoms with van der Waals surface area (Å²) in [5.74, 6) is 0.905. The lowest BCUT2D eigenvalue weighted by molar-refractivity contribution is 0.0192. The van der Waals surface area contributed by atoms with Gasteiger partial charge in [0.2, 0.25) is 0 Å². The summed E-state index contributed by atoms with van der Waals surface area (Å²) < 4.78 is 5.22. The Labute approximate surface area is 109 Å². The normalized spacial score (nSPS) is 23.2. The highest BCUT2D eigenvalue weighted by Crippen LogP contribution is 2.25. The Bertz CT molecular complexity index is 370. The standard InChI is InChI=1S/C14H24N2O2/c1-4-14(17)13-7-5-6-8-16(13)9-12-10(2)15-18-11(12)3/h13-14,17H,4-9H2,1-3H3. The maximum absolute atomic E-state index is 10.1. The minimum absolute atomic E-state index is 0.217. The van der Waals surface area contributed by atoms with Crippen molar-refractivity contribution >= 4 is 0 Å². The van der Waals surface area contributed by atoms with Crippen molar-refractivity contribution in [2.75, 3.05) is 6.54 Å². The number of likely N-dealkylation sites (tertiary alicyclic amines) is 1. The number of aromatic nitrogens is 1. The molecule has 0 amide bonds. The zero-order valence-corrected chi connectivity index (χ0v) is 11.6. The quantitative estimate of drug-likeness (QED) is 0.894. The van der Waals surface area contributed by atoms with E-state index >= 15 is 0 Å². The van der Waals surface area contributed by atoms with Crippen molar-refractivity contribution in [2.24, 2.45) is 0 Å². The lowest BCUT2D eigenvalue weighted by Crippen LogP contribution is -2.46. The van der Waals surface area contributed by atoms with Gasteiger partial charge in [0.05, 0.1) is 11.8 Å². The van der Waals surface area contributed by atoms with Gasteiger partial charge in [0, 0.05) is 18.2 Å². The Balaban J connectivity index is 2.10. The summed E-state index contributed by atoms with van der Waals surface area (Å²) in [4.78, 5) is 2.39. The maximum atomic E-state index is 10.1. The Morgan fingerprint density at radius 1 is 1.44 bits per heavy atom. The van der Waals surface area contributed by atoms with Gasteiger partial charge in [0.1, 0.15) is 5.76 Å². The molecule has 102 valence electrons. The summed E-state index contributed by atoms with van der Waals surface area (Å²) in [5.41, 5.74) is 2.16. The molecule has 4 heteroatoms. The van der Waals surface area contributed by atoms with E-state index in [0.717, 1.165) is 37.4 Å². The van der Waals surface area contributed by atoms with E-state index in [1.54, 1.807) is 0 Å². The third kappa shape index (κ3) is 2.75. The lowest BCUT2D eigenvalue weighted by Gasteiger charge is -2.38. The van der Waals surface area contributed by atoms with Crippen LogP contribution in [0.1, 0.15) is 49.6 Å². The van der Waals surface area contributed by atoms with Crippen molar-refractivity contribution in [1.29, 1.82) is 0 Å². The summed E-state index contributed by atoms with van der Waals surface area (Å²) in [6.45, 7) is 7.91. The fraction of sp³-hybridized carbons (Fsp3) is 0.786. The fourth-order valence-electron chi connectivity index (χ4n) is 2.85. The predicted octanol–water partition coefficient (Wildman–Crippen LogP) is 2.42. The van der Waals surface area contributed by atoms with Crippen molar-refractivity contribution in [3.63, 3.8) is 0 Å². The Morgan fingerprint density at radius 3 is 2.83 bits per heavy atom. The van der Waals surface area contributed by atoms with Crippen molar-refractivity contribution in [3.8, 4) is 0 Å². The van der Waals surface area contributed by atoms with E-state index in [1.165, 1.54) is 18.4 Å². The number of rotatable bonds is 4. The smallest absolute Gasteiger partial charge is 0.138 e. The molecule has 0 bridgehead atoms. The van der Waals surface area contributed by atoms with Crippen LogP contribution in [-0.2, 0) is 6.54 Å². The van der Waals surface area contributed by atoms with E-state index < -0.39 is 0 Å². The number of hydrogen-bond acceptors (Lipinski definition) is 4. The Kier molecular flexibility index (Phi) is 4.40. The second-order valence-corrected chi connectivity index (χ2v) is 5.31. The second kappa shape index (κ2) is 5.85. The molecular formula is C14H24N2O2. The Morgan fingerprint density at radius 2 is 2.22 bits per heavy atom. The first-order valence-electron chi connectivity index (χ1n) is 6.97. The zero-order valence-electron chi connectivity index (χ0n) is 11.6. The van der Waals surface area contributed by atoms with Crippen LogP contribution in [0.4, 0.5) is 0 Å². The van der Waals surface area contributed by atoms with E-state index in [-0.39, 0.29) is 12.1 Å². The van der Waals surface area contributed by atoms with Crippen LogP contribution >= 0.6 is 0 Å². The fourth-order valence-corrected chi connectivity index (χ4v) is 2.85. The predicted molar refractivity (Wildman–Crippen MR) is 70.3 cm³/mol. The van der Waals surface area contributed by atoms with Crippen LogP contribution in [0.2, 0.25) is 0 Å². The van der Waals surface area contributed by atoms with E-state index in [4.69, 9.17) is 4.52 Å². The molecule has 2 heterocycles. The van der Waals surface area contributed by atoms with E-state index in [0.29, 0.717) is 0 Å². The van der Waals surface area contributed by atoms with Gasteiger partial charge < -0.3 is 9.63 Å². The van der Waals surface area contributed by atoms with Crippen molar-refractivity contribution in [1.82, 2.24) is 10.1 Å². The lowest BCUT2D eigenvalue weighted by atomic mass is 9.95. The van der Waals surface area contributed by atoms with Crippen LogP contribution in [-0.4, -0.2) is 33.9 Å². The first kappa shape index (κ1) is 13.6. The van der Waals surface area contributed by atoms with Crippen LogP contribution in [0.25, 0.3) is 0 Å². The molecule has 1 fully saturated rings. The van der Waals surface area contributed by atoms with Crippen molar-refractivity contribution < 1.29 is 9.63 Å². The molecule has 1 saturated heterocycles. The van der Waals surface area contributed by atoms with E-state index in [2.05, 4.69) is 10.1 Å². The number of nitrogens with zero attached hydrogens (tertiary/aromatic N) is 2. The molecule has 4 nitrogen and oxygen atoms in total. The molecule has 0 saturated carbocycles. The number of hydrogen-bond donors (Lipinski definition) is 1. The number of piperidine rings is 1. The van der Waals surface area contributed by atoms with Crippen LogP contribution in [0.15, 0.2) is 4.52 Å². The molecule has 0 aliphatic carbocycles. The van der Waals surface area contributed by atoms with Gasteiger partial charge in [0.15, 0.2) is 0 Å². The summed E-state index contributed by atoms with van der Waals surface area (Å²) in [7, 11) is 0. The molecular weight excluding hydrogens is 228 g/mol. The van der Waals surface area contributed by atoms with Gasteiger partial charge in [-0.15, -0.1) is 0 Å². The summed E-state index contributed by atoms with van der Waals surface area (Å²) >= 11 is 0. The molecule has 18 heavy (non-hydrogen) atoms. The third-order valence-corrected chi connectivity index (χ3v) is 4.07. The minimum Gasteiger partial charge on any atom is -0.392 e. The molecule has 2 atom stereocenters. The van der Waals surface area contributed by atoms with E-state index in [9.17, 15) is 5.11 Å². The average Bonchev–Trinajstić information content (AvgIpc) is 2.70. The summed E-state index contributed by atoms with van der Waals surface area (Å²) in [5, 5.41) is 14.1. The SMILES string of the molecule is CCC(O)C1CCCCN1Cc1c(C)noc1C. The van der Waals surface area contributed by atoms with Gasteiger partial charge in [-0.1, -0.05) is 18.5 Å². The number of aliphatic hydroxyl groups is 1. The monoisotopic (exact) mass is 252 g/mol. The van der Waals surface area contributed by atoms with Gasteiger partial charge in [-0.05, 0) is 39.7 Å². The molecule has 2 rings (SSSR count). The molecule has 1 aliphatic rings. The van der Waals surface area contributed by atoms with Gasteiger partial charge in [-0.2, -0.15) is 0 Å². The van der Waals surface area contributed by atoms with Gasteiger partial charge >= 0.3 is 0 Å². The number of aryl methyl sites for hydroxylation is 2. The highest BCUT2D eigenvalue weighted by atomic mass is 16.5. The highest BCUT2D eigenvalue weighted by molar-refractivity contribution is 5.20. The first-order valence-corrected chi connectivity index (χ1v) is 6.97. The maximum Gasteiger partial charge on any atom is 0.138 e. The molecule has 0 aromatic carbocycles. The number of aliphatic hydroxyl groups excluding tert-OH is 1. The zero-order chi connectivity index (χ0) is 13.1. The molecule has 1 aromatic heterocycles. The first-order chi connectivity index (χ1) is 8.63. The highest BCUT2D eigenvalue weighted by Gasteiger charge is 2.28.